The first-order valence-electron chi connectivity index (χ1n) is 12.2. The van der Waals surface area contributed by atoms with E-state index < -0.39 is 0 Å². The molecule has 34 heavy (non-hydrogen) atoms. The van der Waals surface area contributed by atoms with Gasteiger partial charge in [0, 0.05) is 11.4 Å². The highest BCUT2D eigenvalue weighted by Gasteiger charge is 2.41. The quantitative estimate of drug-likeness (QED) is 0.364. The molecule has 1 saturated heterocycles. The molecule has 1 aliphatic carbocycles. The highest BCUT2D eigenvalue weighted by Crippen LogP contribution is 2.41. The number of para-hydroxylation sites is 1. The van der Waals surface area contributed by atoms with Crippen LogP contribution in [0, 0.1) is 5.92 Å². The minimum absolute atomic E-state index is 0.0661. The Morgan fingerprint density at radius 3 is 2.50 bits per heavy atom. The molecule has 1 saturated carbocycles. The Bertz CT molecular complexity index is 1250. The fourth-order valence-corrected chi connectivity index (χ4v) is 6.03. The first-order chi connectivity index (χ1) is 16.7. The second-order valence-corrected chi connectivity index (χ2v) is 9.99. The summed E-state index contributed by atoms with van der Waals surface area (Å²) >= 11 is 1.49. The maximum absolute atomic E-state index is 13.8. The lowest BCUT2D eigenvalue weighted by molar-refractivity contribution is -0.124. The van der Waals surface area contributed by atoms with Crippen molar-refractivity contribution in [1.29, 1.82) is 0 Å². The van der Waals surface area contributed by atoms with Crippen molar-refractivity contribution in [3.05, 3.63) is 77.2 Å². The van der Waals surface area contributed by atoms with Gasteiger partial charge in [0.1, 0.15) is 5.75 Å². The van der Waals surface area contributed by atoms with Crippen molar-refractivity contribution < 1.29 is 9.53 Å². The summed E-state index contributed by atoms with van der Waals surface area (Å²) in [6, 6.07) is 22.4. The van der Waals surface area contributed by atoms with Crippen LogP contribution in [0.1, 0.15) is 45.1 Å². The Morgan fingerprint density at radius 1 is 1.00 bits per heavy atom. The van der Waals surface area contributed by atoms with E-state index in [2.05, 4.69) is 19.1 Å². The minimum atomic E-state index is 0.0661. The molecule has 1 heterocycles. The summed E-state index contributed by atoms with van der Waals surface area (Å²) < 4.78 is 5.84. The van der Waals surface area contributed by atoms with Gasteiger partial charge in [-0.1, -0.05) is 68.3 Å². The molecule has 1 amide bonds. The zero-order valence-corrected chi connectivity index (χ0v) is 20.6. The molecule has 5 heteroatoms. The number of ether oxygens (including phenoxy) is 1. The Hall–Kier alpha value is -3.05. The Morgan fingerprint density at radius 2 is 1.74 bits per heavy atom. The fraction of sp³-hybridized carbons (Fsp3) is 0.310. The fourth-order valence-electron chi connectivity index (χ4n) is 4.99. The largest absolute Gasteiger partial charge is 0.493 e. The Kier molecular flexibility index (Phi) is 6.73. The van der Waals surface area contributed by atoms with Gasteiger partial charge in [0.15, 0.2) is 5.17 Å². The lowest BCUT2D eigenvalue weighted by atomic mass is 9.85. The molecule has 0 spiro atoms. The van der Waals surface area contributed by atoms with Crippen LogP contribution in [0.15, 0.2) is 76.6 Å². The summed E-state index contributed by atoms with van der Waals surface area (Å²) in [6.45, 7) is 4.88. The van der Waals surface area contributed by atoms with Crippen LogP contribution in [-0.2, 0) is 4.79 Å². The zero-order valence-electron chi connectivity index (χ0n) is 19.7. The monoisotopic (exact) mass is 470 g/mol. The van der Waals surface area contributed by atoms with Gasteiger partial charge in [0.2, 0.25) is 0 Å². The van der Waals surface area contributed by atoms with E-state index in [-0.39, 0.29) is 11.9 Å². The van der Waals surface area contributed by atoms with Crippen molar-refractivity contribution in [2.24, 2.45) is 10.9 Å². The number of amidine groups is 1. The normalized spacial score (nSPS) is 23.2. The van der Waals surface area contributed by atoms with Gasteiger partial charge in [0.25, 0.3) is 5.91 Å². The highest BCUT2D eigenvalue weighted by molar-refractivity contribution is 8.18. The van der Waals surface area contributed by atoms with Crippen LogP contribution in [0.25, 0.3) is 16.8 Å². The zero-order chi connectivity index (χ0) is 23.5. The molecule has 0 radical (unpaired) electrons. The summed E-state index contributed by atoms with van der Waals surface area (Å²) in [4.78, 5) is 21.4. The van der Waals surface area contributed by atoms with Gasteiger partial charge >= 0.3 is 0 Å². The Balaban J connectivity index is 1.57. The second kappa shape index (κ2) is 10.1. The minimum Gasteiger partial charge on any atom is -0.493 e. The van der Waals surface area contributed by atoms with Gasteiger partial charge in [-0.15, -0.1) is 0 Å². The van der Waals surface area contributed by atoms with E-state index in [1.54, 1.807) is 0 Å². The van der Waals surface area contributed by atoms with Crippen molar-refractivity contribution in [3.63, 3.8) is 0 Å². The van der Waals surface area contributed by atoms with Crippen LogP contribution < -0.4 is 4.74 Å². The number of thioether (sulfide) groups is 1. The Labute approximate surface area is 205 Å². The standard InChI is InChI=1S/C29H30N2O2S/c1-3-33-26-18-17-21(23-14-8-9-15-24(23)26)19-27-28(32)31(25-16-10-7-11-20(25)2)29(34-27)30-22-12-5-4-6-13-22/h4-6,8-9,12-15,17-20,25H,3,7,10-11,16H2,1-2H3/b27-19-,30-29?/t20-,25+/m1/s1. The molecular weight excluding hydrogens is 440 g/mol. The third-order valence-electron chi connectivity index (χ3n) is 6.72. The topological polar surface area (TPSA) is 41.9 Å². The van der Waals surface area contributed by atoms with E-state index in [1.807, 2.05) is 72.5 Å². The van der Waals surface area contributed by atoms with Gasteiger partial charge in [-0.05, 0) is 72.7 Å². The average Bonchev–Trinajstić information content (AvgIpc) is 3.16. The molecule has 0 N–H and O–H groups in total. The van der Waals surface area contributed by atoms with Gasteiger partial charge in [0.05, 0.1) is 17.2 Å². The molecule has 174 valence electrons. The number of nitrogens with zero attached hydrogens (tertiary/aromatic N) is 2. The summed E-state index contributed by atoms with van der Waals surface area (Å²) in [5.74, 6) is 1.40. The maximum atomic E-state index is 13.8. The van der Waals surface area contributed by atoms with Crippen LogP contribution in [0.3, 0.4) is 0 Å². The molecule has 2 atom stereocenters. The molecule has 2 fully saturated rings. The predicted octanol–water partition coefficient (Wildman–Crippen LogP) is 7.42. The molecule has 0 aromatic heterocycles. The van der Waals surface area contributed by atoms with Gasteiger partial charge in [-0.2, -0.15) is 0 Å². The molecule has 1 aliphatic heterocycles. The molecule has 0 bridgehead atoms. The number of carbonyl (C=O) groups excluding carboxylic acids is 1. The van der Waals surface area contributed by atoms with E-state index in [4.69, 9.17) is 9.73 Å². The number of carbonyl (C=O) groups is 1. The SMILES string of the molecule is CCOc1ccc(/C=C2\SC(=Nc3ccccc3)N([C@H]3CCCC[C@H]3C)C2=O)c2ccccc12. The van der Waals surface area contributed by atoms with Crippen LogP contribution in [0.4, 0.5) is 5.69 Å². The number of amides is 1. The summed E-state index contributed by atoms with van der Waals surface area (Å²) in [7, 11) is 0. The highest BCUT2D eigenvalue weighted by atomic mass is 32.2. The maximum Gasteiger partial charge on any atom is 0.267 e. The molecular formula is C29H30N2O2S. The molecule has 5 rings (SSSR count). The number of hydrogen-bond donors (Lipinski definition) is 0. The van der Waals surface area contributed by atoms with E-state index in [1.165, 1.54) is 18.2 Å². The van der Waals surface area contributed by atoms with Crippen molar-refractivity contribution in [1.82, 2.24) is 4.90 Å². The number of fused-ring (bicyclic) bond motifs is 1. The molecule has 3 aromatic carbocycles. The predicted molar refractivity (Wildman–Crippen MR) is 142 cm³/mol. The van der Waals surface area contributed by atoms with E-state index >= 15 is 0 Å². The molecule has 0 unspecified atom stereocenters. The van der Waals surface area contributed by atoms with Gasteiger partial charge < -0.3 is 4.74 Å². The number of benzene rings is 3. The third-order valence-corrected chi connectivity index (χ3v) is 7.70. The summed E-state index contributed by atoms with van der Waals surface area (Å²) in [5.41, 5.74) is 1.89. The van der Waals surface area contributed by atoms with Gasteiger partial charge in [-0.3, -0.25) is 9.69 Å². The van der Waals surface area contributed by atoms with Crippen LogP contribution >= 0.6 is 11.8 Å². The molecule has 4 nitrogen and oxygen atoms in total. The van der Waals surface area contributed by atoms with E-state index in [0.717, 1.165) is 57.1 Å². The van der Waals surface area contributed by atoms with Crippen molar-refractivity contribution in [3.8, 4) is 5.75 Å². The summed E-state index contributed by atoms with van der Waals surface area (Å²) in [6.07, 6.45) is 6.60. The third kappa shape index (κ3) is 4.49. The van der Waals surface area contributed by atoms with Crippen LogP contribution in [-0.4, -0.2) is 28.6 Å². The van der Waals surface area contributed by atoms with Crippen LogP contribution in [0.5, 0.6) is 5.75 Å². The van der Waals surface area contributed by atoms with Gasteiger partial charge in [-0.25, -0.2) is 4.99 Å². The smallest absolute Gasteiger partial charge is 0.267 e. The number of hydrogen-bond acceptors (Lipinski definition) is 4. The first-order valence-corrected chi connectivity index (χ1v) is 13.0. The van der Waals surface area contributed by atoms with E-state index in [0.29, 0.717) is 12.5 Å². The van der Waals surface area contributed by atoms with Crippen molar-refractivity contribution in [2.75, 3.05) is 6.61 Å². The van der Waals surface area contributed by atoms with E-state index in [9.17, 15) is 4.79 Å². The molecule has 3 aromatic rings. The number of rotatable bonds is 5. The summed E-state index contributed by atoms with van der Waals surface area (Å²) in [5, 5.41) is 2.93. The first kappa shape index (κ1) is 22.7. The van der Waals surface area contributed by atoms with Crippen molar-refractivity contribution in [2.45, 2.75) is 45.6 Å². The lowest BCUT2D eigenvalue weighted by Gasteiger charge is -2.35. The number of aliphatic imine (C=N–C) groups is 1. The second-order valence-electron chi connectivity index (χ2n) is 8.98. The van der Waals surface area contributed by atoms with Crippen LogP contribution in [0.2, 0.25) is 0 Å². The lowest BCUT2D eigenvalue weighted by Crippen LogP contribution is -2.44. The average molecular weight is 471 g/mol. The molecule has 2 aliphatic rings. The van der Waals surface area contributed by atoms with Crippen molar-refractivity contribution >= 4 is 45.4 Å².